The fourth-order valence-corrected chi connectivity index (χ4v) is 2.92. The van der Waals surface area contributed by atoms with Gasteiger partial charge in [-0.1, -0.05) is 19.0 Å². The molecule has 0 aliphatic rings. The van der Waals surface area contributed by atoms with Gasteiger partial charge in [-0.05, 0) is 25.2 Å². The molecule has 0 saturated carbocycles. The first-order chi connectivity index (χ1) is 8.74. The van der Waals surface area contributed by atoms with Gasteiger partial charge >= 0.3 is 0 Å². The molecule has 1 aromatic rings. The highest BCUT2D eigenvalue weighted by Crippen LogP contribution is 2.21. The quantitative estimate of drug-likeness (QED) is 0.750. The Morgan fingerprint density at radius 1 is 1.47 bits per heavy atom. The molecule has 1 heterocycles. The minimum absolute atomic E-state index is 0.119. The molecule has 2 N–H and O–H groups in total. The predicted molar refractivity (Wildman–Crippen MR) is 72.0 cm³/mol. The Bertz CT molecular complexity index is 494. The van der Waals surface area contributed by atoms with Crippen molar-refractivity contribution < 1.29 is 18.0 Å². The number of hydrogen-bond acceptors (Lipinski definition) is 5. The van der Waals surface area contributed by atoms with E-state index in [1.165, 1.54) is 0 Å². The average molecular weight is 290 g/mol. The number of rotatable bonds is 8. The van der Waals surface area contributed by atoms with E-state index in [0.29, 0.717) is 24.4 Å². The molecule has 0 radical (unpaired) electrons. The molecule has 0 aromatic carbocycles. The van der Waals surface area contributed by atoms with E-state index < -0.39 is 10.0 Å². The van der Waals surface area contributed by atoms with Crippen molar-refractivity contribution >= 4 is 10.0 Å². The third kappa shape index (κ3) is 6.17. The second kappa shape index (κ2) is 6.49. The molecule has 0 amide bonds. The van der Waals surface area contributed by atoms with Crippen molar-refractivity contribution in [3.05, 3.63) is 17.5 Å². The van der Waals surface area contributed by atoms with Gasteiger partial charge in [0.2, 0.25) is 10.0 Å². The summed E-state index contributed by atoms with van der Waals surface area (Å²) in [5.41, 5.74) is 0.216. The van der Waals surface area contributed by atoms with Crippen LogP contribution in [0.1, 0.15) is 38.1 Å². The minimum atomic E-state index is -3.41. The van der Waals surface area contributed by atoms with Gasteiger partial charge in [-0.15, -0.1) is 0 Å². The SMILES string of the molecule is Cc1cc(CS(=O)(=O)NCC(C)(C)CCCO)no1. The zero-order valence-corrected chi connectivity index (χ0v) is 12.5. The molecular weight excluding hydrogens is 268 g/mol. The number of sulfonamides is 1. The summed E-state index contributed by atoms with van der Waals surface area (Å²) in [5, 5.41) is 12.5. The van der Waals surface area contributed by atoms with Gasteiger partial charge in [0.25, 0.3) is 0 Å². The highest BCUT2D eigenvalue weighted by molar-refractivity contribution is 7.88. The molecule has 6 nitrogen and oxygen atoms in total. The molecule has 110 valence electrons. The van der Waals surface area contributed by atoms with E-state index in [9.17, 15) is 8.42 Å². The Morgan fingerprint density at radius 2 is 2.16 bits per heavy atom. The van der Waals surface area contributed by atoms with E-state index in [0.717, 1.165) is 6.42 Å². The Kier molecular flexibility index (Phi) is 5.51. The highest BCUT2D eigenvalue weighted by atomic mass is 32.2. The van der Waals surface area contributed by atoms with Gasteiger partial charge in [0, 0.05) is 19.2 Å². The van der Waals surface area contributed by atoms with Crippen LogP contribution in [0.2, 0.25) is 0 Å². The molecule has 0 saturated heterocycles. The lowest BCUT2D eigenvalue weighted by atomic mass is 9.88. The van der Waals surface area contributed by atoms with Crippen molar-refractivity contribution in [2.45, 2.75) is 39.4 Å². The second-order valence-corrected chi connectivity index (χ2v) is 7.31. The van der Waals surface area contributed by atoms with Crippen LogP contribution in [-0.2, 0) is 15.8 Å². The maximum absolute atomic E-state index is 11.9. The Morgan fingerprint density at radius 3 is 2.68 bits per heavy atom. The van der Waals surface area contributed by atoms with Crippen LogP contribution in [0.25, 0.3) is 0 Å². The minimum Gasteiger partial charge on any atom is -0.396 e. The Hall–Kier alpha value is -0.920. The summed E-state index contributed by atoms with van der Waals surface area (Å²) in [5.74, 6) is 0.411. The summed E-state index contributed by atoms with van der Waals surface area (Å²) in [4.78, 5) is 0. The molecule has 0 fully saturated rings. The van der Waals surface area contributed by atoms with E-state index in [-0.39, 0.29) is 17.8 Å². The fourth-order valence-electron chi connectivity index (χ4n) is 1.68. The van der Waals surface area contributed by atoms with Crippen LogP contribution < -0.4 is 4.72 Å². The Labute approximate surface area is 114 Å². The van der Waals surface area contributed by atoms with Crippen molar-refractivity contribution in [3.8, 4) is 0 Å². The molecule has 0 aliphatic carbocycles. The van der Waals surface area contributed by atoms with Crippen molar-refractivity contribution in [3.63, 3.8) is 0 Å². The first-order valence-electron chi connectivity index (χ1n) is 6.24. The average Bonchev–Trinajstić information content (AvgIpc) is 2.69. The van der Waals surface area contributed by atoms with Crippen LogP contribution in [-0.4, -0.2) is 31.8 Å². The second-order valence-electron chi connectivity index (χ2n) is 5.50. The molecule has 0 unspecified atom stereocenters. The van der Waals surface area contributed by atoms with E-state index in [4.69, 9.17) is 9.63 Å². The number of nitrogens with one attached hydrogen (secondary N) is 1. The lowest BCUT2D eigenvalue weighted by molar-refractivity contribution is 0.242. The first kappa shape index (κ1) is 16.1. The number of aliphatic hydroxyl groups is 1. The third-order valence-corrected chi connectivity index (χ3v) is 4.06. The van der Waals surface area contributed by atoms with Crippen LogP contribution >= 0.6 is 0 Å². The standard InChI is InChI=1S/C12H22N2O4S/c1-10-7-11(14-18-10)8-19(16,17)13-9-12(2,3)5-4-6-15/h7,13,15H,4-6,8-9H2,1-3H3. The van der Waals surface area contributed by atoms with E-state index in [1.807, 2.05) is 13.8 Å². The van der Waals surface area contributed by atoms with E-state index >= 15 is 0 Å². The van der Waals surface area contributed by atoms with Crippen molar-refractivity contribution in [1.29, 1.82) is 0 Å². The predicted octanol–water partition coefficient (Wildman–Crippen LogP) is 1.20. The summed E-state index contributed by atoms with van der Waals surface area (Å²) in [6.45, 7) is 6.10. The number of aromatic nitrogens is 1. The summed E-state index contributed by atoms with van der Waals surface area (Å²) in [6, 6.07) is 1.61. The molecular formula is C12H22N2O4S. The maximum atomic E-state index is 11.9. The van der Waals surface area contributed by atoms with Crippen molar-refractivity contribution in [2.75, 3.05) is 13.2 Å². The van der Waals surface area contributed by atoms with Gasteiger partial charge in [0.05, 0.1) is 0 Å². The number of hydrogen-bond donors (Lipinski definition) is 2. The lowest BCUT2D eigenvalue weighted by Crippen LogP contribution is -2.34. The summed E-state index contributed by atoms with van der Waals surface area (Å²) < 4.78 is 31.2. The number of aryl methyl sites for hydroxylation is 1. The van der Waals surface area contributed by atoms with Crippen LogP contribution in [0.5, 0.6) is 0 Å². The normalized spacial score (nSPS) is 12.8. The molecule has 1 rings (SSSR count). The molecule has 0 bridgehead atoms. The summed E-state index contributed by atoms with van der Waals surface area (Å²) in [7, 11) is -3.41. The zero-order valence-electron chi connectivity index (χ0n) is 11.6. The molecule has 0 aliphatic heterocycles. The van der Waals surface area contributed by atoms with Crippen LogP contribution in [0, 0.1) is 12.3 Å². The van der Waals surface area contributed by atoms with E-state index in [1.54, 1.807) is 13.0 Å². The largest absolute Gasteiger partial charge is 0.396 e. The zero-order chi connectivity index (χ0) is 14.5. The Balaban J connectivity index is 2.51. The molecule has 0 spiro atoms. The van der Waals surface area contributed by atoms with Gasteiger partial charge in [-0.25, -0.2) is 13.1 Å². The van der Waals surface area contributed by atoms with Gasteiger partial charge in [0.1, 0.15) is 17.2 Å². The smallest absolute Gasteiger partial charge is 0.217 e. The number of aliphatic hydroxyl groups excluding tert-OH is 1. The topological polar surface area (TPSA) is 92.4 Å². The number of nitrogens with zero attached hydrogens (tertiary/aromatic N) is 1. The molecule has 7 heteroatoms. The first-order valence-corrected chi connectivity index (χ1v) is 7.90. The summed E-state index contributed by atoms with van der Waals surface area (Å²) in [6.07, 6.45) is 1.42. The van der Waals surface area contributed by atoms with Gasteiger partial charge < -0.3 is 9.63 Å². The third-order valence-electron chi connectivity index (χ3n) is 2.80. The monoisotopic (exact) mass is 290 g/mol. The van der Waals surface area contributed by atoms with Crippen molar-refractivity contribution in [2.24, 2.45) is 5.41 Å². The van der Waals surface area contributed by atoms with Gasteiger partial charge in [-0.2, -0.15) is 0 Å². The fraction of sp³-hybridized carbons (Fsp3) is 0.750. The van der Waals surface area contributed by atoms with E-state index in [2.05, 4.69) is 9.88 Å². The van der Waals surface area contributed by atoms with Crippen molar-refractivity contribution in [1.82, 2.24) is 9.88 Å². The van der Waals surface area contributed by atoms with Crippen LogP contribution in [0.15, 0.2) is 10.6 Å². The van der Waals surface area contributed by atoms with Gasteiger partial charge in [-0.3, -0.25) is 0 Å². The highest BCUT2D eigenvalue weighted by Gasteiger charge is 2.21. The van der Waals surface area contributed by atoms with Crippen LogP contribution in [0.4, 0.5) is 0 Å². The summed E-state index contributed by atoms with van der Waals surface area (Å²) >= 11 is 0. The lowest BCUT2D eigenvalue weighted by Gasteiger charge is -2.24. The van der Waals surface area contributed by atoms with Crippen LogP contribution in [0.3, 0.4) is 0 Å². The molecule has 0 atom stereocenters. The molecule has 19 heavy (non-hydrogen) atoms. The maximum Gasteiger partial charge on any atom is 0.217 e. The van der Waals surface area contributed by atoms with Gasteiger partial charge in [0.15, 0.2) is 0 Å². The molecule has 1 aromatic heterocycles.